The number of ether oxygens (including phenoxy) is 1. The van der Waals surface area contributed by atoms with Crippen LogP contribution < -0.4 is 10.1 Å². The van der Waals surface area contributed by atoms with E-state index in [0.717, 1.165) is 0 Å². The van der Waals surface area contributed by atoms with Gasteiger partial charge in [0.15, 0.2) is 17.5 Å². The number of halogens is 3. The molecule has 1 aromatic rings. The molecule has 0 aromatic heterocycles. The summed E-state index contributed by atoms with van der Waals surface area (Å²) in [4.78, 5) is 10.8. The lowest BCUT2D eigenvalue weighted by atomic mass is 10.3. The molecule has 0 heterocycles. The Labute approximate surface area is 83.8 Å². The van der Waals surface area contributed by atoms with E-state index in [0.29, 0.717) is 18.7 Å². The molecule has 0 atom stereocenters. The Bertz CT molecular complexity index is 359. The van der Waals surface area contributed by atoms with Crippen LogP contribution in [0.4, 0.5) is 18.0 Å². The summed E-state index contributed by atoms with van der Waals surface area (Å²) in [7, 11) is 0. The molecule has 0 spiro atoms. The van der Waals surface area contributed by atoms with Crippen LogP contribution in [0, 0.1) is 17.5 Å². The van der Waals surface area contributed by atoms with Crippen LogP contribution in [-0.4, -0.2) is 12.6 Å². The fraction of sp³-hybridized carbons (Fsp3) is 0.222. The molecule has 0 fully saturated rings. The summed E-state index contributed by atoms with van der Waals surface area (Å²) in [5.41, 5.74) is 0. The van der Waals surface area contributed by atoms with E-state index in [4.69, 9.17) is 0 Å². The van der Waals surface area contributed by atoms with Gasteiger partial charge in [-0.15, -0.1) is 0 Å². The minimum Gasteiger partial charge on any atom is -0.410 e. The molecule has 0 aliphatic carbocycles. The average molecular weight is 219 g/mol. The molecule has 1 N–H and O–H groups in total. The van der Waals surface area contributed by atoms with E-state index >= 15 is 0 Å². The predicted octanol–water partition coefficient (Wildman–Crippen LogP) is 2.21. The zero-order valence-corrected chi connectivity index (χ0v) is 7.81. The number of hydrogen-bond acceptors (Lipinski definition) is 2. The van der Waals surface area contributed by atoms with Crippen molar-refractivity contribution < 1.29 is 22.7 Å². The second-order valence-electron chi connectivity index (χ2n) is 2.62. The van der Waals surface area contributed by atoms with Crippen LogP contribution >= 0.6 is 0 Å². The van der Waals surface area contributed by atoms with Gasteiger partial charge in [-0.05, 0) is 6.92 Å². The van der Waals surface area contributed by atoms with Crippen LogP contribution in [-0.2, 0) is 0 Å². The maximum absolute atomic E-state index is 12.6. The molecule has 6 heteroatoms. The molecule has 1 amide bonds. The largest absolute Gasteiger partial charge is 0.412 e. The molecule has 0 radical (unpaired) electrons. The van der Waals surface area contributed by atoms with Gasteiger partial charge < -0.3 is 10.1 Å². The van der Waals surface area contributed by atoms with E-state index in [-0.39, 0.29) is 0 Å². The van der Waals surface area contributed by atoms with Crippen molar-refractivity contribution in [1.29, 1.82) is 0 Å². The topological polar surface area (TPSA) is 38.3 Å². The van der Waals surface area contributed by atoms with Crippen LogP contribution in [0.1, 0.15) is 6.92 Å². The van der Waals surface area contributed by atoms with E-state index in [1.807, 2.05) is 0 Å². The summed E-state index contributed by atoms with van der Waals surface area (Å²) < 4.78 is 42.3. The molecular formula is C9H8F3NO2. The number of amides is 1. The second-order valence-corrected chi connectivity index (χ2v) is 2.62. The normalized spacial score (nSPS) is 9.87. The number of carbonyl (C=O) groups is 1. The van der Waals surface area contributed by atoms with E-state index in [9.17, 15) is 18.0 Å². The number of nitrogens with one attached hydrogen (secondary N) is 1. The zero-order chi connectivity index (χ0) is 11.4. The van der Waals surface area contributed by atoms with Crippen molar-refractivity contribution in [3.8, 4) is 5.75 Å². The number of carbonyl (C=O) groups excluding carboxylic acids is 1. The first-order chi connectivity index (χ1) is 7.04. The van der Waals surface area contributed by atoms with Gasteiger partial charge >= 0.3 is 6.09 Å². The van der Waals surface area contributed by atoms with E-state index in [1.165, 1.54) is 0 Å². The Hall–Kier alpha value is -1.72. The average Bonchev–Trinajstić information content (AvgIpc) is 2.14. The molecule has 0 bridgehead atoms. The van der Waals surface area contributed by atoms with Gasteiger partial charge in [-0.2, -0.15) is 0 Å². The van der Waals surface area contributed by atoms with Gasteiger partial charge in [-0.25, -0.2) is 18.0 Å². The predicted molar refractivity (Wildman–Crippen MR) is 46.0 cm³/mol. The summed E-state index contributed by atoms with van der Waals surface area (Å²) in [6, 6.07) is 1.18. The van der Waals surface area contributed by atoms with Crippen molar-refractivity contribution in [2.75, 3.05) is 6.54 Å². The van der Waals surface area contributed by atoms with Crippen molar-refractivity contribution in [3.63, 3.8) is 0 Å². The summed E-state index contributed by atoms with van der Waals surface area (Å²) in [6.07, 6.45) is -0.858. The first kappa shape index (κ1) is 11.4. The Balaban J connectivity index is 2.83. The third-order valence-corrected chi connectivity index (χ3v) is 1.49. The smallest absolute Gasteiger partial charge is 0.410 e. The standard InChI is InChI=1S/C9H8F3NO2/c1-2-13-9(14)15-5-3-6(10)8(12)7(11)4-5/h3-4H,2H2,1H3,(H,13,14). The Kier molecular flexibility index (Phi) is 3.54. The lowest BCUT2D eigenvalue weighted by Gasteiger charge is -2.05. The lowest BCUT2D eigenvalue weighted by Crippen LogP contribution is -2.26. The molecule has 82 valence electrons. The molecule has 3 nitrogen and oxygen atoms in total. The Morgan fingerprint density at radius 3 is 2.33 bits per heavy atom. The first-order valence-electron chi connectivity index (χ1n) is 4.14. The first-order valence-corrected chi connectivity index (χ1v) is 4.14. The third-order valence-electron chi connectivity index (χ3n) is 1.49. The SMILES string of the molecule is CCNC(=O)Oc1cc(F)c(F)c(F)c1. The summed E-state index contributed by atoms with van der Waals surface area (Å²) in [6.45, 7) is 1.96. The molecule has 0 aliphatic rings. The van der Waals surface area contributed by atoms with Crippen molar-refractivity contribution in [3.05, 3.63) is 29.6 Å². The molecule has 0 aliphatic heterocycles. The lowest BCUT2D eigenvalue weighted by molar-refractivity contribution is 0.200. The highest BCUT2D eigenvalue weighted by Crippen LogP contribution is 2.19. The maximum Gasteiger partial charge on any atom is 0.412 e. The second kappa shape index (κ2) is 4.68. The van der Waals surface area contributed by atoms with Gasteiger partial charge in [-0.3, -0.25) is 0 Å². The van der Waals surface area contributed by atoms with Crippen molar-refractivity contribution in [2.24, 2.45) is 0 Å². The van der Waals surface area contributed by atoms with Gasteiger partial charge in [0, 0.05) is 18.7 Å². The Morgan fingerprint density at radius 2 is 1.87 bits per heavy atom. The van der Waals surface area contributed by atoms with Crippen molar-refractivity contribution in [1.82, 2.24) is 5.32 Å². The van der Waals surface area contributed by atoms with Crippen LogP contribution in [0.2, 0.25) is 0 Å². The van der Waals surface area contributed by atoms with Gasteiger partial charge in [0.05, 0.1) is 0 Å². The Morgan fingerprint density at radius 1 is 1.33 bits per heavy atom. The number of rotatable bonds is 2. The van der Waals surface area contributed by atoms with E-state index in [2.05, 4.69) is 10.1 Å². The van der Waals surface area contributed by atoms with Crippen molar-refractivity contribution in [2.45, 2.75) is 6.92 Å². The van der Waals surface area contributed by atoms with Gasteiger partial charge in [0.25, 0.3) is 0 Å². The van der Waals surface area contributed by atoms with Crippen LogP contribution in [0.15, 0.2) is 12.1 Å². The summed E-state index contributed by atoms with van der Waals surface area (Å²) in [5, 5.41) is 2.25. The summed E-state index contributed by atoms with van der Waals surface area (Å²) >= 11 is 0. The molecular weight excluding hydrogens is 211 g/mol. The molecule has 15 heavy (non-hydrogen) atoms. The highest BCUT2D eigenvalue weighted by atomic mass is 19.2. The zero-order valence-electron chi connectivity index (χ0n) is 7.81. The number of hydrogen-bond donors (Lipinski definition) is 1. The fourth-order valence-electron chi connectivity index (χ4n) is 0.879. The maximum atomic E-state index is 12.6. The van der Waals surface area contributed by atoms with Gasteiger partial charge in [0.2, 0.25) is 0 Å². The van der Waals surface area contributed by atoms with Crippen LogP contribution in [0.3, 0.4) is 0 Å². The minimum absolute atomic E-state index is 0.311. The quantitative estimate of drug-likeness (QED) is 0.774. The molecule has 0 saturated carbocycles. The van der Waals surface area contributed by atoms with E-state index in [1.54, 1.807) is 6.92 Å². The van der Waals surface area contributed by atoms with Gasteiger partial charge in [0.1, 0.15) is 5.75 Å². The van der Waals surface area contributed by atoms with Crippen LogP contribution in [0.25, 0.3) is 0 Å². The van der Waals surface area contributed by atoms with Gasteiger partial charge in [-0.1, -0.05) is 0 Å². The monoisotopic (exact) mass is 219 g/mol. The minimum atomic E-state index is -1.60. The molecule has 1 aromatic carbocycles. The number of benzene rings is 1. The molecule has 1 rings (SSSR count). The third kappa shape index (κ3) is 2.87. The van der Waals surface area contributed by atoms with Crippen molar-refractivity contribution >= 4 is 6.09 Å². The van der Waals surface area contributed by atoms with E-state index < -0.39 is 29.3 Å². The molecule has 0 saturated heterocycles. The summed E-state index contributed by atoms with van der Waals surface area (Å²) in [5.74, 6) is -4.81. The highest BCUT2D eigenvalue weighted by molar-refractivity contribution is 5.70. The van der Waals surface area contributed by atoms with Crippen LogP contribution in [0.5, 0.6) is 5.75 Å². The highest BCUT2D eigenvalue weighted by Gasteiger charge is 2.12. The molecule has 0 unspecified atom stereocenters. The fourth-order valence-corrected chi connectivity index (χ4v) is 0.879.